The molecule has 102 heavy (non-hydrogen) atoms. The van der Waals surface area contributed by atoms with Crippen molar-refractivity contribution >= 4 is 86.4 Å². The van der Waals surface area contributed by atoms with Gasteiger partial charge in [0.15, 0.2) is 0 Å². The van der Waals surface area contributed by atoms with E-state index in [1.54, 1.807) is 137 Å². The molecule has 4 aliphatic heterocycles. The minimum atomic E-state index is -4.71. The molecule has 8 unspecified atom stereocenters. The second-order valence-corrected chi connectivity index (χ2v) is 27.5. The van der Waals surface area contributed by atoms with Crippen molar-refractivity contribution in [2.24, 2.45) is 22.6 Å². The van der Waals surface area contributed by atoms with Crippen LogP contribution in [0.2, 0.25) is 0 Å². The molecule has 22 nitrogen and oxygen atoms in total. The van der Waals surface area contributed by atoms with Crippen molar-refractivity contribution in [2.75, 3.05) is 40.3 Å². The number of ether oxygens (including phenoxy) is 1. The normalized spacial score (nSPS) is 20.6. The van der Waals surface area contributed by atoms with Crippen molar-refractivity contribution in [3.8, 4) is 5.75 Å². The van der Waals surface area contributed by atoms with Crippen molar-refractivity contribution in [2.45, 2.75) is 107 Å². The minimum Gasteiger partial charge on any atom is -0.497 e. The van der Waals surface area contributed by atoms with Crippen LogP contribution < -0.4 is 10.5 Å². The average Bonchev–Trinajstić information content (AvgIpc) is 0.934. The lowest BCUT2D eigenvalue weighted by Gasteiger charge is -2.41. The molecular weight excluding hydrogens is 1360 g/mol. The zero-order valence-electron chi connectivity index (χ0n) is 56.4. The van der Waals surface area contributed by atoms with Crippen LogP contribution >= 0.6 is 22.7 Å². The zero-order chi connectivity index (χ0) is 74.0. The van der Waals surface area contributed by atoms with E-state index in [4.69, 9.17) is 23.6 Å². The number of aliphatic imine (C=N–C) groups is 1. The molecule has 0 spiro atoms. The first-order valence-corrected chi connectivity index (χ1v) is 34.2. The Morgan fingerprint density at radius 1 is 0.667 bits per heavy atom. The van der Waals surface area contributed by atoms with Gasteiger partial charge in [0.25, 0.3) is 23.6 Å². The number of methoxy groups -OCH3 is 1. The molecule has 1 aliphatic carbocycles. The minimum absolute atomic E-state index is 0.0173. The standard InChI is InChI=1S/C20H22N2O4.C19H16N2O3S.C19H18N2O3S.C17H18F3N3O3/c1-12(2)11-22-18(13-5-4-8-21-10-13)17(20(24)25)15-7-6-14(26-3)9-16(15)19(22)23;1-20-15-9-8-14(25-15)17-16(19(23)24)12-4-2-3-5-13(12)18(22)21(17)10-11-6-7-11;1-3-4-11-21-17(14-9-10-15(20-2)25-14)16(19(23)24)12-7-5-6-8-13(12)18(21)22;1-9-3-4-11-12(5-9)15(24)23(8-17(18,19)20)14(13(11)16(25)26)10(6-21)7-22-2/h4-10,12,17-18H,11H2,1-3H3,(H,24,25);2-5,8-9,11,16-17H,6-7,10H2,(H,23,24);5-10,16-17H,3-4,11H2,1H3,(H,23,24);3-7,13-14H,8,21H2,1-2H3,(H,25,26). The molecule has 0 radical (unpaired) electrons. The van der Waals surface area contributed by atoms with E-state index in [-0.39, 0.29) is 40.3 Å². The Kier molecular flexibility index (Phi) is 24.0. The Hall–Kier alpha value is -11.0. The predicted molar refractivity (Wildman–Crippen MR) is 375 cm³/mol. The van der Waals surface area contributed by atoms with E-state index in [0.29, 0.717) is 85.1 Å². The number of carboxylic acids is 4. The van der Waals surface area contributed by atoms with Gasteiger partial charge in [-0.1, -0.05) is 106 Å². The molecule has 4 aromatic carbocycles. The summed E-state index contributed by atoms with van der Waals surface area (Å²) in [5, 5.41) is 40.6. The molecule has 27 heteroatoms. The van der Waals surface area contributed by atoms with Crippen LogP contribution in [0, 0.1) is 31.9 Å². The predicted octanol–water partition coefficient (Wildman–Crippen LogP) is 13.7. The number of hydrogen-bond acceptors (Lipinski definition) is 14. The Labute approximate surface area is 594 Å². The van der Waals surface area contributed by atoms with Gasteiger partial charge >= 0.3 is 30.1 Å². The molecule has 4 amide bonds. The highest BCUT2D eigenvalue weighted by molar-refractivity contribution is 7.16. The fourth-order valence-corrected chi connectivity index (χ4v) is 15.4. The zero-order valence-corrected chi connectivity index (χ0v) is 58.0. The smallest absolute Gasteiger partial charge is 0.406 e. The maximum atomic E-state index is 13.2. The summed E-state index contributed by atoms with van der Waals surface area (Å²) in [4.78, 5) is 122. The summed E-state index contributed by atoms with van der Waals surface area (Å²) >= 11 is 2.54. The van der Waals surface area contributed by atoms with Crippen LogP contribution in [0.4, 0.5) is 23.2 Å². The monoisotopic (exact) mass is 1430 g/mol. The van der Waals surface area contributed by atoms with E-state index >= 15 is 0 Å². The number of nitrogens with two attached hydrogens (primary N) is 1. The van der Waals surface area contributed by atoms with Gasteiger partial charge in [0.1, 0.15) is 36.0 Å². The third-order valence-electron chi connectivity index (χ3n) is 18.0. The molecule has 3 aromatic heterocycles. The molecule has 530 valence electrons. The highest BCUT2D eigenvalue weighted by Crippen LogP contribution is 2.50. The van der Waals surface area contributed by atoms with Gasteiger partial charge in [0.05, 0.1) is 44.4 Å². The number of thiophene rings is 2. The van der Waals surface area contributed by atoms with Gasteiger partial charge in [-0.05, 0) is 114 Å². The van der Waals surface area contributed by atoms with Crippen LogP contribution in [0.25, 0.3) is 9.69 Å². The van der Waals surface area contributed by atoms with Crippen molar-refractivity contribution in [1.29, 1.82) is 0 Å². The number of pyridine rings is 1. The van der Waals surface area contributed by atoms with Crippen molar-refractivity contribution in [3.05, 3.63) is 234 Å². The number of carbonyl (C=O) groups is 8. The number of rotatable bonds is 18. The molecule has 1 fully saturated rings. The first-order chi connectivity index (χ1) is 48.7. The van der Waals surface area contributed by atoms with Gasteiger partial charge in [-0.25, -0.2) is 9.69 Å². The number of unbranched alkanes of at least 4 members (excludes halogenated alkanes) is 1. The molecule has 8 atom stereocenters. The van der Waals surface area contributed by atoms with Gasteiger partial charge in [0.2, 0.25) is 10.0 Å². The number of halogens is 3. The number of amides is 4. The van der Waals surface area contributed by atoms with Crippen molar-refractivity contribution in [3.63, 3.8) is 0 Å². The Morgan fingerprint density at radius 3 is 1.65 bits per heavy atom. The van der Waals surface area contributed by atoms with Crippen LogP contribution in [0.5, 0.6) is 5.75 Å². The summed E-state index contributed by atoms with van der Waals surface area (Å²) in [6.07, 6.45) is 4.57. The van der Waals surface area contributed by atoms with E-state index in [9.17, 15) is 72.0 Å². The number of aromatic nitrogens is 1. The molecule has 1 saturated carbocycles. The molecule has 7 heterocycles. The van der Waals surface area contributed by atoms with Crippen LogP contribution in [0.15, 0.2) is 150 Å². The Balaban J connectivity index is 0.000000158. The van der Waals surface area contributed by atoms with Gasteiger partial charge < -0.3 is 50.5 Å². The molecule has 0 bridgehead atoms. The highest BCUT2D eigenvalue weighted by Gasteiger charge is 2.51. The van der Waals surface area contributed by atoms with Gasteiger partial charge in [0, 0.05) is 89.1 Å². The SMILES string of the molecule is CN=CC(=CN)C1C(C(=O)O)c2ccc(C)cc2C(=O)N1CC(F)(F)F.COc1ccc2c(c1)C(=O)N(CC(C)C)C(c1cccnc1)C2C(=O)O.[C-]#[N+]c1ccc(C2C(C(=O)O)c3ccccc3C(=O)N2CC2CC2)s1.[C-]#[N+]c1ccc(C2C(C(=O)O)c3ccccc3C(=O)N2CCCC)s1. The average molecular weight is 1430 g/mol. The largest absolute Gasteiger partial charge is 0.497 e. The number of fused-ring (bicyclic) bond motifs is 4. The summed E-state index contributed by atoms with van der Waals surface area (Å²) in [5.41, 5.74) is 9.93. The van der Waals surface area contributed by atoms with Gasteiger partial charge in [-0.15, -0.1) is 0 Å². The number of nitrogens with zero attached hydrogens (tertiary/aromatic N) is 8. The summed E-state index contributed by atoms with van der Waals surface area (Å²) in [7, 11) is 2.89. The van der Waals surface area contributed by atoms with Crippen LogP contribution in [-0.4, -0.2) is 151 Å². The highest BCUT2D eigenvalue weighted by atomic mass is 32.1. The van der Waals surface area contributed by atoms with Crippen molar-refractivity contribution in [1.82, 2.24) is 24.6 Å². The third kappa shape index (κ3) is 16.2. The number of carbonyl (C=O) groups excluding carboxylic acids is 4. The van der Waals surface area contributed by atoms with E-state index in [0.717, 1.165) is 53.4 Å². The molecule has 12 rings (SSSR count). The number of carboxylic acid groups (broad SMARTS) is 4. The maximum Gasteiger partial charge on any atom is 0.406 e. The fourth-order valence-electron chi connectivity index (χ4n) is 13.5. The lowest BCUT2D eigenvalue weighted by atomic mass is 9.79. The summed E-state index contributed by atoms with van der Waals surface area (Å²) < 4.78 is 44.5. The number of benzene rings is 4. The van der Waals surface area contributed by atoms with E-state index in [1.807, 2.05) is 26.8 Å². The quantitative estimate of drug-likeness (QED) is 0.0394. The number of alkyl halides is 3. The second kappa shape index (κ2) is 32.5. The van der Waals surface area contributed by atoms with E-state index in [2.05, 4.69) is 19.7 Å². The summed E-state index contributed by atoms with van der Waals surface area (Å²) in [6.45, 7) is 22.0. The summed E-state index contributed by atoms with van der Waals surface area (Å²) in [6, 6.07) is 30.8. The van der Waals surface area contributed by atoms with Crippen molar-refractivity contribution < 1.29 is 76.7 Å². The molecule has 0 saturated heterocycles. The molecule has 7 aromatic rings. The first kappa shape index (κ1) is 75.2. The molecule has 6 N–H and O–H groups in total. The van der Waals surface area contributed by atoms with Crippen LogP contribution in [0.1, 0.15) is 173 Å². The Bertz CT molecular complexity index is 4480. The fraction of sp³-hybridized carbons (Fsp3) is 0.333. The Morgan fingerprint density at radius 2 is 1.17 bits per heavy atom. The maximum absolute atomic E-state index is 13.2. The topological polar surface area (TPSA) is 300 Å². The third-order valence-corrected chi connectivity index (χ3v) is 20.1. The lowest BCUT2D eigenvalue weighted by molar-refractivity contribution is -0.150. The summed E-state index contributed by atoms with van der Waals surface area (Å²) in [5.74, 6) is -8.28. The second-order valence-electron chi connectivity index (χ2n) is 25.3. The van der Waals surface area contributed by atoms with Gasteiger partial charge in [-0.3, -0.25) is 48.3 Å². The van der Waals surface area contributed by atoms with E-state index in [1.165, 1.54) is 49.0 Å². The van der Waals surface area contributed by atoms with Gasteiger partial charge in [-0.2, -0.15) is 35.8 Å². The number of aryl methyl sites for hydroxylation is 1. The van der Waals surface area contributed by atoms with Crippen LogP contribution in [-0.2, 0) is 19.2 Å². The number of hydrogen-bond donors (Lipinski definition) is 5. The molecular formula is C75H74F3N9O13S2. The first-order valence-electron chi connectivity index (χ1n) is 32.6. The van der Waals surface area contributed by atoms with Crippen LogP contribution in [0.3, 0.4) is 0 Å². The number of aliphatic carboxylic acids is 4. The molecule has 5 aliphatic rings. The lowest BCUT2D eigenvalue weighted by Crippen LogP contribution is -2.54. The van der Waals surface area contributed by atoms with E-state index < -0.39 is 90.3 Å².